The van der Waals surface area contributed by atoms with Gasteiger partial charge < -0.3 is 10.1 Å². The van der Waals surface area contributed by atoms with Gasteiger partial charge in [-0.3, -0.25) is 0 Å². The Morgan fingerprint density at radius 3 is 2.90 bits per heavy atom. The van der Waals surface area contributed by atoms with Crippen LogP contribution in [-0.4, -0.2) is 12.8 Å². The number of hydrogen-bond donors (Lipinski definition) is 1. The first-order chi connectivity index (χ1) is 4.83. The summed E-state index contributed by atoms with van der Waals surface area (Å²) >= 11 is 0. The molecule has 1 fully saturated rings. The molecular formula is C8H13NO. The van der Waals surface area contributed by atoms with Gasteiger partial charge in [0.15, 0.2) is 0 Å². The average molecular weight is 139 g/mol. The molecule has 0 atom stereocenters. The van der Waals surface area contributed by atoms with Crippen LogP contribution < -0.4 is 5.32 Å². The first kappa shape index (κ1) is 7.32. The maximum absolute atomic E-state index is 9.91. The minimum absolute atomic E-state index is 0.408. The molecule has 0 unspecified atom stereocenters. The van der Waals surface area contributed by atoms with Gasteiger partial charge >= 0.3 is 0 Å². The highest BCUT2D eigenvalue weighted by molar-refractivity contribution is 5.52. The summed E-state index contributed by atoms with van der Waals surface area (Å²) in [7, 11) is 0. The third-order valence-corrected chi connectivity index (χ3v) is 1.67. The number of aldehydes is 1. The quantitative estimate of drug-likeness (QED) is 0.578. The Hall–Kier alpha value is -0.790. The summed E-state index contributed by atoms with van der Waals surface area (Å²) in [4.78, 5) is 9.91. The Morgan fingerprint density at radius 2 is 2.40 bits per heavy atom. The van der Waals surface area contributed by atoms with Crippen LogP contribution in [0.15, 0.2) is 12.3 Å². The molecule has 0 saturated heterocycles. The Kier molecular flexibility index (Phi) is 2.49. The molecule has 0 aromatic rings. The van der Waals surface area contributed by atoms with E-state index in [2.05, 4.69) is 11.9 Å². The fourth-order valence-corrected chi connectivity index (χ4v) is 0.929. The average Bonchev–Trinajstić information content (AvgIpc) is 2.67. The fourth-order valence-electron chi connectivity index (χ4n) is 0.929. The predicted octanol–water partition coefficient (Wildman–Crippen LogP) is 1.09. The van der Waals surface area contributed by atoms with Gasteiger partial charge in [-0.05, 0) is 25.2 Å². The van der Waals surface area contributed by atoms with Gasteiger partial charge in [-0.1, -0.05) is 6.58 Å². The molecule has 1 rings (SSSR count). The first-order valence-corrected chi connectivity index (χ1v) is 3.68. The zero-order valence-electron chi connectivity index (χ0n) is 6.10. The molecule has 1 saturated carbocycles. The van der Waals surface area contributed by atoms with E-state index in [1.165, 1.54) is 12.8 Å². The molecular weight excluding hydrogens is 126 g/mol. The summed E-state index contributed by atoms with van der Waals surface area (Å²) in [5, 5.41) is 2.94. The van der Waals surface area contributed by atoms with E-state index in [9.17, 15) is 4.79 Å². The van der Waals surface area contributed by atoms with Crippen molar-refractivity contribution in [1.29, 1.82) is 0 Å². The number of rotatable bonds is 5. The van der Waals surface area contributed by atoms with Crippen LogP contribution in [0, 0.1) is 5.92 Å². The van der Waals surface area contributed by atoms with Gasteiger partial charge in [0, 0.05) is 5.70 Å². The molecule has 56 valence electrons. The zero-order chi connectivity index (χ0) is 7.40. The van der Waals surface area contributed by atoms with Gasteiger partial charge in [-0.25, -0.2) is 0 Å². The summed E-state index contributed by atoms with van der Waals surface area (Å²) in [5.74, 6) is 0.853. The summed E-state index contributed by atoms with van der Waals surface area (Å²) in [6.07, 6.45) is 4.58. The summed E-state index contributed by atoms with van der Waals surface area (Å²) in [6, 6.07) is 0. The number of carbonyl (C=O) groups excluding carboxylic acids is 1. The molecule has 2 nitrogen and oxygen atoms in total. The molecule has 0 aromatic heterocycles. The van der Waals surface area contributed by atoms with Gasteiger partial charge in [0.2, 0.25) is 0 Å². The maximum atomic E-state index is 9.91. The van der Waals surface area contributed by atoms with Gasteiger partial charge in [0.25, 0.3) is 0 Å². The second-order valence-corrected chi connectivity index (χ2v) is 2.80. The summed E-state index contributed by atoms with van der Waals surface area (Å²) in [5.41, 5.74) is 1.01. The molecule has 1 aliphatic carbocycles. The van der Waals surface area contributed by atoms with Crippen LogP contribution in [0.5, 0.6) is 0 Å². The third kappa shape index (κ3) is 2.67. The number of hydrogen-bond acceptors (Lipinski definition) is 2. The van der Waals surface area contributed by atoms with Gasteiger partial charge in [0.1, 0.15) is 6.29 Å². The maximum Gasteiger partial charge on any atom is 0.139 e. The fraction of sp³-hybridized carbons (Fsp3) is 0.625. The van der Waals surface area contributed by atoms with E-state index >= 15 is 0 Å². The van der Waals surface area contributed by atoms with Crippen LogP contribution in [-0.2, 0) is 4.79 Å². The molecule has 0 bridgehead atoms. The van der Waals surface area contributed by atoms with Crippen molar-refractivity contribution < 1.29 is 4.79 Å². The lowest BCUT2D eigenvalue weighted by Crippen LogP contribution is -2.14. The molecule has 0 amide bonds. The largest absolute Gasteiger partial charge is 0.382 e. The monoisotopic (exact) mass is 139 g/mol. The second kappa shape index (κ2) is 3.40. The molecule has 0 aliphatic heterocycles. The molecule has 0 heterocycles. The van der Waals surface area contributed by atoms with Crippen molar-refractivity contribution in [1.82, 2.24) is 5.32 Å². The van der Waals surface area contributed by atoms with Crippen LogP contribution in [0.2, 0.25) is 0 Å². The van der Waals surface area contributed by atoms with Crippen LogP contribution in [0.1, 0.15) is 19.3 Å². The van der Waals surface area contributed by atoms with Gasteiger partial charge in [0.05, 0.1) is 6.54 Å². The minimum Gasteiger partial charge on any atom is -0.382 e. The van der Waals surface area contributed by atoms with E-state index in [-0.39, 0.29) is 0 Å². The van der Waals surface area contributed by atoms with Gasteiger partial charge in [-0.2, -0.15) is 0 Å². The second-order valence-electron chi connectivity index (χ2n) is 2.80. The van der Waals surface area contributed by atoms with E-state index < -0.39 is 0 Å². The molecule has 0 spiro atoms. The normalized spacial score (nSPS) is 16.4. The zero-order valence-corrected chi connectivity index (χ0v) is 6.10. The highest BCUT2D eigenvalue weighted by atomic mass is 16.1. The highest BCUT2D eigenvalue weighted by Gasteiger charge is 2.21. The minimum atomic E-state index is 0.408. The lowest BCUT2D eigenvalue weighted by Gasteiger charge is -2.03. The number of allylic oxidation sites excluding steroid dienone is 1. The lowest BCUT2D eigenvalue weighted by atomic mass is 10.2. The van der Waals surface area contributed by atoms with Crippen molar-refractivity contribution >= 4 is 6.29 Å². The molecule has 10 heavy (non-hydrogen) atoms. The predicted molar refractivity (Wildman–Crippen MR) is 40.5 cm³/mol. The lowest BCUT2D eigenvalue weighted by molar-refractivity contribution is -0.107. The van der Waals surface area contributed by atoms with E-state index in [0.29, 0.717) is 6.54 Å². The number of carbonyl (C=O) groups is 1. The van der Waals surface area contributed by atoms with E-state index in [0.717, 1.165) is 24.3 Å². The van der Waals surface area contributed by atoms with Crippen LogP contribution >= 0.6 is 0 Å². The molecule has 0 aromatic carbocycles. The van der Waals surface area contributed by atoms with Gasteiger partial charge in [-0.15, -0.1) is 0 Å². The topological polar surface area (TPSA) is 29.1 Å². The summed E-state index contributed by atoms with van der Waals surface area (Å²) < 4.78 is 0. The van der Waals surface area contributed by atoms with E-state index in [1.54, 1.807) is 0 Å². The SMILES string of the molecule is C=C(CC1CC1)NCC=O. The van der Waals surface area contributed by atoms with Crippen molar-refractivity contribution in [2.75, 3.05) is 6.54 Å². The van der Waals surface area contributed by atoms with Crippen molar-refractivity contribution in [3.63, 3.8) is 0 Å². The molecule has 2 heteroatoms. The Morgan fingerprint density at radius 1 is 1.70 bits per heavy atom. The van der Waals surface area contributed by atoms with Crippen molar-refractivity contribution in [2.45, 2.75) is 19.3 Å². The van der Waals surface area contributed by atoms with Crippen LogP contribution in [0.25, 0.3) is 0 Å². The first-order valence-electron chi connectivity index (χ1n) is 3.68. The standard InChI is InChI=1S/C8H13NO/c1-7(9-4-5-10)6-8-2-3-8/h5,8-9H,1-4,6H2. The molecule has 1 N–H and O–H groups in total. The molecule has 1 aliphatic rings. The Labute approximate surface area is 61.3 Å². The Bertz CT molecular complexity index is 138. The van der Waals surface area contributed by atoms with E-state index in [4.69, 9.17) is 0 Å². The smallest absolute Gasteiger partial charge is 0.139 e. The highest BCUT2D eigenvalue weighted by Crippen LogP contribution is 2.33. The Balaban J connectivity index is 2.02. The summed E-state index contributed by atoms with van der Waals surface area (Å²) in [6.45, 7) is 4.21. The van der Waals surface area contributed by atoms with Crippen molar-refractivity contribution in [3.05, 3.63) is 12.3 Å². The van der Waals surface area contributed by atoms with E-state index in [1.807, 2.05) is 0 Å². The number of nitrogens with one attached hydrogen (secondary N) is 1. The van der Waals surface area contributed by atoms with Crippen molar-refractivity contribution in [3.8, 4) is 0 Å². The van der Waals surface area contributed by atoms with Crippen molar-refractivity contribution in [2.24, 2.45) is 5.92 Å². The third-order valence-electron chi connectivity index (χ3n) is 1.67. The van der Waals surface area contributed by atoms with Crippen LogP contribution in [0.4, 0.5) is 0 Å². The van der Waals surface area contributed by atoms with Crippen LogP contribution in [0.3, 0.4) is 0 Å². The molecule has 0 radical (unpaired) electrons.